The zero-order valence-electron chi connectivity index (χ0n) is 14.9. The van der Waals surface area contributed by atoms with Crippen LogP contribution in [0.2, 0.25) is 0 Å². The molecule has 1 amide bonds. The Hall–Kier alpha value is -2.54. The van der Waals surface area contributed by atoms with Crippen LogP contribution in [-0.4, -0.2) is 13.0 Å². The molecule has 0 atom stereocenters. The fourth-order valence-electron chi connectivity index (χ4n) is 2.62. The number of hydrogen-bond acceptors (Lipinski definition) is 3. The summed E-state index contributed by atoms with van der Waals surface area (Å²) in [4.78, 5) is 12.6. The van der Waals surface area contributed by atoms with Crippen molar-refractivity contribution < 1.29 is 14.3 Å². The van der Waals surface area contributed by atoms with Crippen LogP contribution in [0.25, 0.3) is 0 Å². The van der Waals surface area contributed by atoms with Gasteiger partial charge < -0.3 is 14.8 Å². The van der Waals surface area contributed by atoms with Crippen molar-refractivity contribution >= 4 is 28.5 Å². The van der Waals surface area contributed by atoms with Gasteiger partial charge in [0.1, 0.15) is 6.61 Å². The van der Waals surface area contributed by atoms with Gasteiger partial charge in [-0.05, 0) is 45.9 Å². The molecule has 3 aromatic rings. The second-order valence-electron chi connectivity index (χ2n) is 5.93. The van der Waals surface area contributed by atoms with E-state index < -0.39 is 0 Å². The molecule has 4 nitrogen and oxygen atoms in total. The lowest BCUT2D eigenvalue weighted by molar-refractivity contribution is 0.0950. The van der Waals surface area contributed by atoms with E-state index in [-0.39, 0.29) is 5.91 Å². The minimum absolute atomic E-state index is 0.149. The number of rotatable bonds is 7. The Bertz CT molecular complexity index is 898. The Morgan fingerprint density at radius 2 is 1.59 bits per heavy atom. The Labute approximate surface area is 172 Å². The van der Waals surface area contributed by atoms with Crippen LogP contribution in [0.1, 0.15) is 21.5 Å². The number of carbonyl (C=O) groups excluding carboxylic acids is 1. The smallest absolute Gasteiger partial charge is 0.251 e. The van der Waals surface area contributed by atoms with Crippen molar-refractivity contribution in [2.75, 3.05) is 7.11 Å². The van der Waals surface area contributed by atoms with Crippen LogP contribution in [0.5, 0.6) is 11.5 Å². The van der Waals surface area contributed by atoms with Gasteiger partial charge in [-0.1, -0.05) is 60.7 Å². The van der Waals surface area contributed by atoms with Gasteiger partial charge in [0.05, 0.1) is 10.7 Å². The molecule has 0 aliphatic rings. The molecule has 0 spiro atoms. The molecule has 0 bridgehead atoms. The Morgan fingerprint density at radius 1 is 0.963 bits per heavy atom. The van der Waals surface area contributed by atoms with Gasteiger partial charge in [0, 0.05) is 12.1 Å². The Kier molecular flexibility index (Phi) is 6.70. The van der Waals surface area contributed by atoms with E-state index in [9.17, 15) is 4.79 Å². The lowest BCUT2D eigenvalue weighted by Gasteiger charge is -2.14. The standard InChI is InChI=1S/C22H20INO3/c1-26-21-19(23)12-18(22(25)24-14-16-8-4-2-5-9-16)13-20(21)27-15-17-10-6-3-7-11-17/h2-13H,14-15H2,1H3,(H,24,25). The number of hydrogen-bond donors (Lipinski definition) is 1. The van der Waals surface area contributed by atoms with E-state index in [1.165, 1.54) is 0 Å². The molecule has 0 aliphatic heterocycles. The SMILES string of the molecule is COc1c(I)cc(C(=O)NCc2ccccc2)cc1OCc1ccccc1. The predicted octanol–water partition coefficient (Wildman–Crippen LogP) is 4.81. The fraction of sp³-hybridized carbons (Fsp3) is 0.136. The monoisotopic (exact) mass is 473 g/mol. The molecule has 3 aromatic carbocycles. The van der Waals surface area contributed by atoms with Crippen LogP contribution in [0.15, 0.2) is 72.8 Å². The maximum atomic E-state index is 12.6. The molecule has 0 heterocycles. The predicted molar refractivity (Wildman–Crippen MR) is 114 cm³/mol. The molecule has 138 valence electrons. The van der Waals surface area contributed by atoms with Gasteiger partial charge in [0.15, 0.2) is 11.5 Å². The summed E-state index contributed by atoms with van der Waals surface area (Å²) in [6.07, 6.45) is 0. The average molecular weight is 473 g/mol. The molecule has 0 aliphatic carbocycles. The first-order chi connectivity index (χ1) is 13.2. The van der Waals surface area contributed by atoms with Gasteiger partial charge in [0.2, 0.25) is 0 Å². The highest BCUT2D eigenvalue weighted by Crippen LogP contribution is 2.34. The van der Waals surface area contributed by atoms with Gasteiger partial charge >= 0.3 is 0 Å². The van der Waals surface area contributed by atoms with E-state index in [1.54, 1.807) is 19.2 Å². The summed E-state index contributed by atoms with van der Waals surface area (Å²) >= 11 is 2.15. The second-order valence-corrected chi connectivity index (χ2v) is 7.09. The molecular weight excluding hydrogens is 453 g/mol. The van der Waals surface area contributed by atoms with E-state index in [2.05, 4.69) is 27.9 Å². The minimum atomic E-state index is -0.149. The number of carbonyl (C=O) groups is 1. The molecule has 3 rings (SSSR count). The van der Waals surface area contributed by atoms with Gasteiger partial charge in [-0.2, -0.15) is 0 Å². The highest BCUT2D eigenvalue weighted by Gasteiger charge is 2.15. The highest BCUT2D eigenvalue weighted by molar-refractivity contribution is 14.1. The van der Waals surface area contributed by atoms with Gasteiger partial charge in [-0.15, -0.1) is 0 Å². The Balaban J connectivity index is 1.75. The summed E-state index contributed by atoms with van der Waals surface area (Å²) in [7, 11) is 1.60. The molecular formula is C22H20INO3. The summed E-state index contributed by atoms with van der Waals surface area (Å²) in [5, 5.41) is 2.94. The second kappa shape index (κ2) is 9.41. The summed E-state index contributed by atoms with van der Waals surface area (Å²) in [6, 6.07) is 23.2. The van der Waals surface area contributed by atoms with E-state index in [0.717, 1.165) is 14.7 Å². The van der Waals surface area contributed by atoms with Crippen molar-refractivity contribution in [2.24, 2.45) is 0 Å². The molecule has 0 saturated carbocycles. The van der Waals surface area contributed by atoms with Crippen molar-refractivity contribution in [1.82, 2.24) is 5.32 Å². The van der Waals surface area contributed by atoms with Crippen LogP contribution in [-0.2, 0) is 13.2 Å². The van der Waals surface area contributed by atoms with Crippen molar-refractivity contribution in [1.29, 1.82) is 0 Å². The largest absolute Gasteiger partial charge is 0.492 e. The average Bonchev–Trinajstić information content (AvgIpc) is 2.71. The van der Waals surface area contributed by atoms with Crippen molar-refractivity contribution in [3.8, 4) is 11.5 Å². The molecule has 0 aromatic heterocycles. The zero-order valence-corrected chi connectivity index (χ0v) is 17.1. The number of amides is 1. The highest BCUT2D eigenvalue weighted by atomic mass is 127. The van der Waals surface area contributed by atoms with Crippen LogP contribution in [0.4, 0.5) is 0 Å². The van der Waals surface area contributed by atoms with Crippen molar-refractivity contribution in [3.63, 3.8) is 0 Å². The third-order valence-corrected chi connectivity index (χ3v) is 4.81. The quantitative estimate of drug-likeness (QED) is 0.502. The van der Waals surface area contributed by atoms with E-state index in [0.29, 0.717) is 30.2 Å². The van der Waals surface area contributed by atoms with Gasteiger partial charge in [-0.25, -0.2) is 0 Å². The summed E-state index contributed by atoms with van der Waals surface area (Å²) < 4.78 is 12.2. The number of halogens is 1. The van der Waals surface area contributed by atoms with Crippen LogP contribution in [0, 0.1) is 3.57 Å². The first-order valence-electron chi connectivity index (χ1n) is 8.54. The molecule has 5 heteroatoms. The zero-order chi connectivity index (χ0) is 19.1. The minimum Gasteiger partial charge on any atom is -0.492 e. The van der Waals surface area contributed by atoms with Gasteiger partial charge in [-0.3, -0.25) is 4.79 Å². The molecule has 0 fully saturated rings. The normalized spacial score (nSPS) is 10.3. The lowest BCUT2D eigenvalue weighted by atomic mass is 10.1. The lowest BCUT2D eigenvalue weighted by Crippen LogP contribution is -2.23. The third-order valence-electron chi connectivity index (χ3n) is 4.01. The number of nitrogens with one attached hydrogen (secondary N) is 1. The molecule has 0 unspecified atom stereocenters. The molecule has 0 radical (unpaired) electrons. The number of benzene rings is 3. The van der Waals surface area contributed by atoms with Crippen LogP contribution in [0.3, 0.4) is 0 Å². The Morgan fingerprint density at radius 3 is 2.22 bits per heavy atom. The maximum absolute atomic E-state index is 12.6. The summed E-state index contributed by atoms with van der Waals surface area (Å²) in [6.45, 7) is 0.880. The summed E-state index contributed by atoms with van der Waals surface area (Å²) in [5.41, 5.74) is 2.64. The first kappa shape index (κ1) is 19.2. The number of methoxy groups -OCH3 is 1. The van der Waals surface area contributed by atoms with Crippen LogP contribution >= 0.6 is 22.6 Å². The summed E-state index contributed by atoms with van der Waals surface area (Å²) in [5.74, 6) is 1.04. The van der Waals surface area contributed by atoms with Gasteiger partial charge in [0.25, 0.3) is 5.91 Å². The molecule has 27 heavy (non-hydrogen) atoms. The fourth-order valence-corrected chi connectivity index (χ4v) is 3.44. The van der Waals surface area contributed by atoms with E-state index in [1.807, 2.05) is 60.7 Å². The van der Waals surface area contributed by atoms with E-state index >= 15 is 0 Å². The van der Waals surface area contributed by atoms with Crippen molar-refractivity contribution in [2.45, 2.75) is 13.2 Å². The maximum Gasteiger partial charge on any atom is 0.251 e. The topological polar surface area (TPSA) is 47.6 Å². The van der Waals surface area contributed by atoms with Crippen LogP contribution < -0.4 is 14.8 Å². The molecule has 0 saturated heterocycles. The molecule has 1 N–H and O–H groups in total. The first-order valence-corrected chi connectivity index (χ1v) is 9.61. The van der Waals surface area contributed by atoms with E-state index in [4.69, 9.17) is 9.47 Å². The third kappa shape index (κ3) is 5.23. The van der Waals surface area contributed by atoms with Crippen molar-refractivity contribution in [3.05, 3.63) is 93.1 Å². The number of ether oxygens (including phenoxy) is 2.